The normalized spacial score (nSPS) is 31.9. The van der Waals surface area contributed by atoms with Gasteiger partial charge in [-0.2, -0.15) is 0 Å². The smallest absolute Gasteiger partial charge is 0.125 e. The zero-order valence-corrected chi connectivity index (χ0v) is 11.1. The van der Waals surface area contributed by atoms with E-state index in [1.807, 2.05) is 6.92 Å². The number of aromatic nitrogens is 2. The molecule has 3 heteroatoms. The third-order valence-electron chi connectivity index (χ3n) is 4.45. The Balaban J connectivity index is 1.74. The molecule has 0 spiro atoms. The van der Waals surface area contributed by atoms with Crippen LogP contribution in [0.2, 0.25) is 0 Å². The van der Waals surface area contributed by atoms with Gasteiger partial charge in [0.1, 0.15) is 5.82 Å². The van der Waals surface area contributed by atoms with Crippen molar-refractivity contribution in [2.45, 2.75) is 39.7 Å². The number of aryl methyl sites for hydroxylation is 2. The summed E-state index contributed by atoms with van der Waals surface area (Å²) in [6, 6.07) is 0.693. The Morgan fingerprint density at radius 1 is 1.24 bits per heavy atom. The second-order valence-corrected chi connectivity index (χ2v) is 5.86. The highest BCUT2D eigenvalue weighted by Gasteiger charge is 2.56. The van der Waals surface area contributed by atoms with Gasteiger partial charge >= 0.3 is 0 Å². The van der Waals surface area contributed by atoms with E-state index in [9.17, 15) is 0 Å². The van der Waals surface area contributed by atoms with Crippen molar-refractivity contribution in [1.29, 1.82) is 0 Å². The van der Waals surface area contributed by atoms with Gasteiger partial charge in [-0.05, 0) is 51.0 Å². The maximum absolute atomic E-state index is 4.49. The van der Waals surface area contributed by atoms with Crippen molar-refractivity contribution in [1.82, 2.24) is 14.9 Å². The highest BCUT2D eigenvalue weighted by molar-refractivity contribution is 5.31. The molecule has 1 aliphatic carbocycles. The van der Waals surface area contributed by atoms with E-state index in [2.05, 4.69) is 41.8 Å². The van der Waals surface area contributed by atoms with Crippen LogP contribution >= 0.6 is 0 Å². The maximum Gasteiger partial charge on any atom is 0.125 e. The fourth-order valence-electron chi connectivity index (χ4n) is 3.36. The van der Waals surface area contributed by atoms with E-state index < -0.39 is 0 Å². The summed E-state index contributed by atoms with van der Waals surface area (Å²) in [5, 5.41) is 0. The largest absolute Gasteiger partial charge is 0.300 e. The van der Waals surface area contributed by atoms with Crippen LogP contribution < -0.4 is 0 Å². The van der Waals surface area contributed by atoms with Crippen LogP contribution in [0.25, 0.3) is 0 Å². The third-order valence-corrected chi connectivity index (χ3v) is 4.45. The standard InChI is InChI=1S/C14H21N3/c1-8(2)17-6-12-13(7-17)14(12)11-5-15-10(4)16-9(11)3/h5,8,12-14H,6-7H2,1-4H3. The van der Waals surface area contributed by atoms with Crippen molar-refractivity contribution in [3.05, 3.63) is 23.3 Å². The predicted molar refractivity (Wildman–Crippen MR) is 67.9 cm³/mol. The predicted octanol–water partition coefficient (Wildman–Crippen LogP) is 2.15. The molecule has 17 heavy (non-hydrogen) atoms. The van der Waals surface area contributed by atoms with E-state index in [-0.39, 0.29) is 0 Å². The summed E-state index contributed by atoms with van der Waals surface area (Å²) >= 11 is 0. The second-order valence-electron chi connectivity index (χ2n) is 5.86. The molecule has 92 valence electrons. The molecule has 1 aromatic rings. The third kappa shape index (κ3) is 1.77. The molecule has 3 nitrogen and oxygen atoms in total. The molecule has 0 bridgehead atoms. The van der Waals surface area contributed by atoms with Gasteiger partial charge in [0.05, 0.1) is 0 Å². The molecule has 2 heterocycles. The summed E-state index contributed by atoms with van der Waals surface area (Å²) in [5.74, 6) is 3.36. The second kappa shape index (κ2) is 3.77. The van der Waals surface area contributed by atoms with E-state index >= 15 is 0 Å². The van der Waals surface area contributed by atoms with E-state index in [1.165, 1.54) is 24.3 Å². The molecule has 1 aromatic heterocycles. The lowest BCUT2D eigenvalue weighted by Crippen LogP contribution is -2.31. The quantitative estimate of drug-likeness (QED) is 0.781. The van der Waals surface area contributed by atoms with Gasteiger partial charge in [0.2, 0.25) is 0 Å². The molecule has 3 rings (SSSR count). The van der Waals surface area contributed by atoms with E-state index in [4.69, 9.17) is 0 Å². The number of hydrogen-bond acceptors (Lipinski definition) is 3. The van der Waals surface area contributed by atoms with Gasteiger partial charge in [0, 0.05) is 31.0 Å². The lowest BCUT2D eigenvalue weighted by molar-refractivity contribution is 0.243. The van der Waals surface area contributed by atoms with Gasteiger partial charge in [-0.15, -0.1) is 0 Å². The number of likely N-dealkylation sites (tertiary alicyclic amines) is 1. The molecule has 2 unspecified atom stereocenters. The van der Waals surface area contributed by atoms with Crippen LogP contribution in [0.1, 0.15) is 36.8 Å². The van der Waals surface area contributed by atoms with Crippen LogP contribution in [0.5, 0.6) is 0 Å². The Kier molecular flexibility index (Phi) is 2.47. The average molecular weight is 231 g/mol. The van der Waals surface area contributed by atoms with Crippen molar-refractivity contribution in [2.75, 3.05) is 13.1 Å². The van der Waals surface area contributed by atoms with Gasteiger partial charge in [0.15, 0.2) is 0 Å². The van der Waals surface area contributed by atoms with Crippen LogP contribution in [-0.2, 0) is 0 Å². The zero-order valence-electron chi connectivity index (χ0n) is 11.1. The van der Waals surface area contributed by atoms with E-state index in [0.29, 0.717) is 6.04 Å². The first-order chi connectivity index (χ1) is 8.08. The summed E-state index contributed by atoms with van der Waals surface area (Å²) < 4.78 is 0. The monoisotopic (exact) mass is 231 g/mol. The number of rotatable bonds is 2. The SMILES string of the molecule is Cc1ncc(C2C3CN(C(C)C)CC32)c(C)n1. The van der Waals surface area contributed by atoms with Crippen LogP contribution in [0, 0.1) is 25.7 Å². The van der Waals surface area contributed by atoms with Crippen molar-refractivity contribution in [2.24, 2.45) is 11.8 Å². The maximum atomic E-state index is 4.49. The number of fused-ring (bicyclic) bond motifs is 1. The van der Waals surface area contributed by atoms with Crippen molar-refractivity contribution in [3.63, 3.8) is 0 Å². The minimum atomic E-state index is 0.693. The molecule has 2 fully saturated rings. The van der Waals surface area contributed by atoms with Crippen LogP contribution in [0.3, 0.4) is 0 Å². The van der Waals surface area contributed by atoms with Crippen LogP contribution in [0.4, 0.5) is 0 Å². The molecule has 0 aromatic carbocycles. The van der Waals surface area contributed by atoms with Gasteiger partial charge in [-0.1, -0.05) is 0 Å². The van der Waals surface area contributed by atoms with Crippen molar-refractivity contribution in [3.8, 4) is 0 Å². The first-order valence-electron chi connectivity index (χ1n) is 6.62. The number of piperidine rings is 1. The van der Waals surface area contributed by atoms with Gasteiger partial charge in [-0.3, -0.25) is 0 Å². The summed E-state index contributed by atoms with van der Waals surface area (Å²) in [4.78, 5) is 11.4. The molecular formula is C14H21N3. The molecule has 0 amide bonds. The Labute approximate surface area is 103 Å². The Morgan fingerprint density at radius 3 is 2.41 bits per heavy atom. The average Bonchev–Trinajstić information content (AvgIpc) is 2.73. The molecule has 1 aliphatic heterocycles. The summed E-state index contributed by atoms with van der Waals surface area (Å²) in [6.45, 7) is 11.2. The summed E-state index contributed by atoms with van der Waals surface area (Å²) in [7, 11) is 0. The van der Waals surface area contributed by atoms with Gasteiger partial charge < -0.3 is 4.90 Å². The topological polar surface area (TPSA) is 29.0 Å². The fraction of sp³-hybridized carbons (Fsp3) is 0.714. The molecule has 0 N–H and O–H groups in total. The number of hydrogen-bond donors (Lipinski definition) is 0. The highest BCUT2D eigenvalue weighted by Crippen LogP contribution is 2.58. The Morgan fingerprint density at radius 2 is 1.88 bits per heavy atom. The molecule has 2 aliphatic rings. The van der Waals surface area contributed by atoms with E-state index in [1.54, 1.807) is 0 Å². The minimum Gasteiger partial charge on any atom is -0.300 e. The summed E-state index contributed by atoms with van der Waals surface area (Å²) in [6.07, 6.45) is 2.06. The molecule has 1 saturated heterocycles. The number of nitrogens with zero attached hydrogens (tertiary/aromatic N) is 3. The van der Waals surface area contributed by atoms with E-state index in [0.717, 1.165) is 23.6 Å². The van der Waals surface area contributed by atoms with Crippen molar-refractivity contribution < 1.29 is 0 Å². The first-order valence-corrected chi connectivity index (χ1v) is 6.62. The minimum absolute atomic E-state index is 0.693. The fourth-order valence-corrected chi connectivity index (χ4v) is 3.36. The van der Waals surface area contributed by atoms with Crippen molar-refractivity contribution >= 4 is 0 Å². The molecular weight excluding hydrogens is 210 g/mol. The lowest BCUT2D eigenvalue weighted by Gasteiger charge is -2.23. The van der Waals surface area contributed by atoms with Crippen LogP contribution in [-0.4, -0.2) is 34.0 Å². The summed E-state index contributed by atoms with van der Waals surface area (Å²) in [5.41, 5.74) is 2.59. The van der Waals surface area contributed by atoms with Gasteiger partial charge in [-0.25, -0.2) is 9.97 Å². The molecule has 2 atom stereocenters. The molecule has 0 radical (unpaired) electrons. The first kappa shape index (κ1) is 11.1. The van der Waals surface area contributed by atoms with Crippen LogP contribution in [0.15, 0.2) is 6.20 Å². The Bertz CT molecular complexity index is 429. The lowest BCUT2D eigenvalue weighted by atomic mass is 10.1. The molecule has 1 saturated carbocycles. The highest BCUT2D eigenvalue weighted by atomic mass is 15.2. The zero-order chi connectivity index (χ0) is 12.2. The van der Waals surface area contributed by atoms with Gasteiger partial charge in [0.25, 0.3) is 0 Å². The Hall–Kier alpha value is -0.960.